The lowest BCUT2D eigenvalue weighted by Gasteiger charge is -2.14. The van der Waals surface area contributed by atoms with Crippen LogP contribution in [0.4, 0.5) is 0 Å². The van der Waals surface area contributed by atoms with E-state index in [1.807, 2.05) is 66.2 Å². The smallest absolute Gasteiger partial charge is 0.150 e. The molecule has 2 heterocycles. The lowest BCUT2D eigenvalue weighted by Crippen LogP contribution is -2.17. The summed E-state index contributed by atoms with van der Waals surface area (Å²) in [5, 5.41) is 8.86. The van der Waals surface area contributed by atoms with Crippen molar-refractivity contribution in [2.75, 3.05) is 14.2 Å². The van der Waals surface area contributed by atoms with Crippen molar-refractivity contribution >= 4 is 0 Å². The van der Waals surface area contributed by atoms with Crippen LogP contribution in [0.1, 0.15) is 17.0 Å². The molecule has 6 nitrogen and oxygen atoms in total. The quantitative estimate of drug-likeness (QED) is 0.467. The Balaban J connectivity index is 1.67. The third kappa shape index (κ3) is 4.38. The van der Waals surface area contributed by atoms with Crippen LogP contribution in [0.5, 0.6) is 5.75 Å². The molecule has 4 rings (SSSR count). The van der Waals surface area contributed by atoms with E-state index < -0.39 is 0 Å². The summed E-state index contributed by atoms with van der Waals surface area (Å²) in [5.41, 5.74) is 5.01. The lowest BCUT2D eigenvalue weighted by molar-refractivity contribution is 0.266. The maximum atomic E-state index is 5.41. The van der Waals surface area contributed by atoms with Crippen molar-refractivity contribution in [1.82, 2.24) is 19.8 Å². The van der Waals surface area contributed by atoms with Crippen LogP contribution >= 0.6 is 0 Å². The Morgan fingerprint density at radius 1 is 1.03 bits per heavy atom. The zero-order valence-corrected chi connectivity index (χ0v) is 16.9. The summed E-state index contributed by atoms with van der Waals surface area (Å²) in [6, 6.07) is 20.1. The minimum absolute atomic E-state index is 0.676. The number of benzene rings is 2. The summed E-state index contributed by atoms with van der Waals surface area (Å²) < 4.78 is 12.7. The third-order valence-electron chi connectivity index (χ3n) is 4.70. The van der Waals surface area contributed by atoms with E-state index in [-0.39, 0.29) is 0 Å². The van der Waals surface area contributed by atoms with Crippen LogP contribution in [0.2, 0.25) is 0 Å². The van der Waals surface area contributed by atoms with E-state index in [1.165, 1.54) is 0 Å². The molecule has 4 aromatic rings. The number of rotatable bonds is 7. The van der Waals surface area contributed by atoms with Gasteiger partial charge < -0.3 is 9.26 Å². The molecule has 0 aliphatic rings. The maximum absolute atomic E-state index is 5.41. The Kier molecular flexibility index (Phi) is 5.44. The number of para-hydroxylation sites is 1. The Labute approximate surface area is 170 Å². The zero-order chi connectivity index (χ0) is 20.2. The van der Waals surface area contributed by atoms with Gasteiger partial charge in [-0.2, -0.15) is 5.10 Å². The Morgan fingerprint density at radius 2 is 1.86 bits per heavy atom. The lowest BCUT2D eigenvalue weighted by atomic mass is 10.1. The maximum Gasteiger partial charge on any atom is 0.150 e. The Bertz CT molecular complexity index is 1090. The molecule has 0 atom stereocenters. The molecule has 0 saturated carbocycles. The van der Waals surface area contributed by atoms with Crippen molar-refractivity contribution in [2.45, 2.75) is 20.0 Å². The summed E-state index contributed by atoms with van der Waals surface area (Å²) in [6.45, 7) is 3.33. The second kappa shape index (κ2) is 8.32. The molecule has 0 aliphatic carbocycles. The second-order valence-electron chi connectivity index (χ2n) is 7.12. The number of nitrogens with zero attached hydrogens (tertiary/aromatic N) is 4. The van der Waals surface area contributed by atoms with E-state index in [0.717, 1.165) is 46.3 Å². The monoisotopic (exact) mass is 388 g/mol. The number of aromatic nitrogens is 3. The molecule has 0 spiro atoms. The Hall–Kier alpha value is -3.38. The minimum atomic E-state index is 0.676. The van der Waals surface area contributed by atoms with Gasteiger partial charge in [0.2, 0.25) is 0 Å². The first-order valence-corrected chi connectivity index (χ1v) is 9.51. The molecule has 0 aliphatic heterocycles. The van der Waals surface area contributed by atoms with Crippen LogP contribution in [-0.2, 0) is 13.1 Å². The highest BCUT2D eigenvalue weighted by atomic mass is 16.5. The standard InChI is InChI=1S/C23H24N4O2/c1-17-12-22(29-25-17)16-26(2)14-19-15-27(20-9-5-4-6-10-20)24-23(19)18-8-7-11-21(13-18)28-3/h4-13,15H,14,16H2,1-3H3. The first kappa shape index (κ1) is 19.0. The molecule has 6 heteroatoms. The van der Waals surface area contributed by atoms with E-state index >= 15 is 0 Å². The molecule has 0 N–H and O–H groups in total. The number of hydrogen-bond donors (Lipinski definition) is 0. The van der Waals surface area contributed by atoms with Crippen molar-refractivity contribution in [3.05, 3.63) is 83.9 Å². The average molecular weight is 388 g/mol. The highest BCUT2D eigenvalue weighted by Gasteiger charge is 2.16. The van der Waals surface area contributed by atoms with Gasteiger partial charge in [-0.05, 0) is 38.2 Å². The van der Waals surface area contributed by atoms with E-state index in [4.69, 9.17) is 14.4 Å². The molecule has 2 aromatic heterocycles. The fourth-order valence-corrected chi connectivity index (χ4v) is 3.36. The van der Waals surface area contributed by atoms with Crippen molar-refractivity contribution in [3.63, 3.8) is 0 Å². The van der Waals surface area contributed by atoms with Crippen molar-refractivity contribution < 1.29 is 9.26 Å². The molecule has 0 amide bonds. The fourth-order valence-electron chi connectivity index (χ4n) is 3.36. The predicted molar refractivity (Wildman–Crippen MR) is 112 cm³/mol. The zero-order valence-electron chi connectivity index (χ0n) is 16.9. The van der Waals surface area contributed by atoms with Crippen LogP contribution in [-0.4, -0.2) is 34.0 Å². The minimum Gasteiger partial charge on any atom is -0.497 e. The summed E-state index contributed by atoms with van der Waals surface area (Å²) in [4.78, 5) is 2.19. The normalized spacial score (nSPS) is 11.2. The van der Waals surface area contributed by atoms with Gasteiger partial charge in [0.25, 0.3) is 0 Å². The largest absolute Gasteiger partial charge is 0.497 e. The summed E-state index contributed by atoms with van der Waals surface area (Å²) in [6.07, 6.45) is 2.09. The number of ether oxygens (including phenoxy) is 1. The second-order valence-corrected chi connectivity index (χ2v) is 7.12. The van der Waals surface area contributed by atoms with Gasteiger partial charge >= 0.3 is 0 Å². The first-order valence-electron chi connectivity index (χ1n) is 9.51. The van der Waals surface area contributed by atoms with Crippen LogP contribution < -0.4 is 4.74 Å². The van der Waals surface area contributed by atoms with Crippen molar-refractivity contribution in [1.29, 1.82) is 0 Å². The third-order valence-corrected chi connectivity index (χ3v) is 4.70. The first-order chi connectivity index (χ1) is 14.1. The average Bonchev–Trinajstić information content (AvgIpc) is 3.34. The van der Waals surface area contributed by atoms with Gasteiger partial charge in [-0.3, -0.25) is 4.90 Å². The topological polar surface area (TPSA) is 56.3 Å². The van der Waals surface area contributed by atoms with Gasteiger partial charge in [-0.15, -0.1) is 0 Å². The van der Waals surface area contributed by atoms with Crippen LogP contribution in [0.25, 0.3) is 16.9 Å². The molecular weight excluding hydrogens is 364 g/mol. The highest BCUT2D eigenvalue weighted by Crippen LogP contribution is 2.28. The molecule has 0 radical (unpaired) electrons. The highest BCUT2D eigenvalue weighted by molar-refractivity contribution is 5.65. The molecule has 0 saturated heterocycles. The van der Waals surface area contributed by atoms with Gasteiger partial charge in [0.15, 0.2) is 5.76 Å². The van der Waals surface area contributed by atoms with Gasteiger partial charge in [0.05, 0.1) is 30.7 Å². The summed E-state index contributed by atoms with van der Waals surface area (Å²) in [5.74, 6) is 1.66. The van der Waals surface area contributed by atoms with E-state index in [0.29, 0.717) is 6.54 Å². The summed E-state index contributed by atoms with van der Waals surface area (Å²) in [7, 11) is 3.74. The number of aryl methyl sites for hydroxylation is 1. The van der Waals surface area contributed by atoms with E-state index in [1.54, 1.807) is 7.11 Å². The van der Waals surface area contributed by atoms with Crippen LogP contribution in [0.3, 0.4) is 0 Å². The summed E-state index contributed by atoms with van der Waals surface area (Å²) >= 11 is 0. The molecule has 148 valence electrons. The molecule has 2 aromatic carbocycles. The SMILES string of the molecule is COc1cccc(-c2nn(-c3ccccc3)cc2CN(C)Cc2cc(C)no2)c1. The van der Waals surface area contributed by atoms with Gasteiger partial charge in [0, 0.05) is 29.9 Å². The number of hydrogen-bond acceptors (Lipinski definition) is 5. The van der Waals surface area contributed by atoms with Gasteiger partial charge in [0.1, 0.15) is 5.75 Å². The van der Waals surface area contributed by atoms with Gasteiger partial charge in [-0.25, -0.2) is 4.68 Å². The van der Waals surface area contributed by atoms with Crippen LogP contribution in [0, 0.1) is 6.92 Å². The van der Waals surface area contributed by atoms with Crippen molar-refractivity contribution in [3.8, 4) is 22.7 Å². The number of methoxy groups -OCH3 is 1. The Morgan fingerprint density at radius 3 is 2.59 bits per heavy atom. The molecule has 0 bridgehead atoms. The van der Waals surface area contributed by atoms with Crippen LogP contribution in [0.15, 0.2) is 71.4 Å². The van der Waals surface area contributed by atoms with Gasteiger partial charge in [-0.1, -0.05) is 35.5 Å². The molecule has 0 unspecified atom stereocenters. The van der Waals surface area contributed by atoms with Crippen molar-refractivity contribution in [2.24, 2.45) is 0 Å². The molecular formula is C23H24N4O2. The predicted octanol–water partition coefficient (Wildman–Crippen LogP) is 4.48. The van der Waals surface area contributed by atoms with E-state index in [2.05, 4.69) is 29.4 Å². The molecule has 0 fully saturated rings. The fraction of sp³-hybridized carbons (Fsp3) is 0.217. The van der Waals surface area contributed by atoms with E-state index in [9.17, 15) is 0 Å². The molecule has 29 heavy (non-hydrogen) atoms.